The zero-order valence-electron chi connectivity index (χ0n) is 21.3. The van der Waals surface area contributed by atoms with Crippen LogP contribution in [-0.2, 0) is 0 Å². The number of methoxy groups -OCH3 is 1. The minimum atomic E-state index is -1.04. The fourth-order valence-corrected chi connectivity index (χ4v) is 5.50. The van der Waals surface area contributed by atoms with E-state index in [1.54, 1.807) is 30.2 Å². The smallest absolute Gasteiger partial charge is 0.335 e. The van der Waals surface area contributed by atoms with Crippen LogP contribution in [0, 0.1) is 6.92 Å². The van der Waals surface area contributed by atoms with Gasteiger partial charge < -0.3 is 14.4 Å². The molecule has 1 aliphatic rings. The van der Waals surface area contributed by atoms with E-state index in [9.17, 15) is 14.7 Å². The summed E-state index contributed by atoms with van der Waals surface area (Å²) in [4.78, 5) is 27.7. The lowest BCUT2D eigenvalue weighted by Crippen LogP contribution is -2.30. The van der Waals surface area contributed by atoms with Gasteiger partial charge in [0, 0.05) is 27.3 Å². The zero-order valence-corrected chi connectivity index (χ0v) is 22.8. The Hall–Kier alpha value is -3.74. The number of amides is 1. The third kappa shape index (κ3) is 4.24. The minimum absolute atomic E-state index is 0.0602. The van der Waals surface area contributed by atoms with Crippen molar-refractivity contribution < 1.29 is 19.4 Å². The molecule has 5 rings (SSSR count). The van der Waals surface area contributed by atoms with Crippen LogP contribution in [0.25, 0.3) is 11.3 Å². The third-order valence-corrected chi connectivity index (χ3v) is 7.38. The number of aryl methyl sites for hydroxylation is 1. The molecule has 1 amide bonds. The lowest BCUT2D eigenvalue weighted by atomic mass is 10.0. The lowest BCUT2D eigenvalue weighted by molar-refractivity contribution is 0.0696. The first-order valence-electron chi connectivity index (χ1n) is 12.1. The second kappa shape index (κ2) is 9.86. The summed E-state index contributed by atoms with van der Waals surface area (Å²) < 4.78 is 7.70. The average molecular weight is 549 g/mol. The fraction of sp³-hybridized carbons (Fsp3) is 0.200. The van der Waals surface area contributed by atoms with Gasteiger partial charge in [-0.1, -0.05) is 41.4 Å². The number of nitrogens with zero attached hydrogens (tertiary/aromatic N) is 2. The molecule has 4 aromatic rings. The van der Waals surface area contributed by atoms with Gasteiger partial charge in [-0.05, 0) is 80.4 Å². The number of anilines is 1. The largest absolute Gasteiger partial charge is 0.496 e. The SMILES string of the molecule is COc1ccc(C(=O)O)cc1-c1cc2c(n1C(C)C)[C@H](c1ccc(Cl)cc1)N(c1cc(Cl)ccc1C)C2=O. The van der Waals surface area contributed by atoms with Crippen LogP contribution in [-0.4, -0.2) is 28.7 Å². The molecule has 3 aromatic carbocycles. The summed E-state index contributed by atoms with van der Waals surface area (Å²) in [6.45, 7) is 6.02. The zero-order chi connectivity index (χ0) is 27.3. The highest BCUT2D eigenvalue weighted by Crippen LogP contribution is 2.48. The number of carboxylic acid groups (broad SMARTS) is 1. The molecular weight excluding hydrogens is 523 g/mol. The minimum Gasteiger partial charge on any atom is -0.496 e. The van der Waals surface area contributed by atoms with Gasteiger partial charge in [0.15, 0.2) is 0 Å². The van der Waals surface area contributed by atoms with E-state index in [-0.39, 0.29) is 17.5 Å². The third-order valence-electron chi connectivity index (χ3n) is 6.90. The highest BCUT2D eigenvalue weighted by atomic mass is 35.5. The van der Waals surface area contributed by atoms with Crippen LogP contribution in [0.4, 0.5) is 5.69 Å². The molecule has 0 aliphatic carbocycles. The van der Waals surface area contributed by atoms with E-state index in [0.29, 0.717) is 32.6 Å². The predicted octanol–water partition coefficient (Wildman–Crippen LogP) is 7.81. The predicted molar refractivity (Wildman–Crippen MR) is 150 cm³/mol. The molecule has 1 atom stereocenters. The number of hydrogen-bond acceptors (Lipinski definition) is 3. The number of benzene rings is 3. The molecular formula is C30H26Cl2N2O4. The van der Waals surface area contributed by atoms with Crippen molar-refractivity contribution in [2.24, 2.45) is 0 Å². The first-order chi connectivity index (χ1) is 18.1. The second-order valence-corrected chi connectivity index (χ2v) is 10.4. The quantitative estimate of drug-likeness (QED) is 0.266. The number of aromatic nitrogens is 1. The number of carbonyl (C=O) groups is 2. The number of halogens is 2. The number of carboxylic acids is 1. The maximum Gasteiger partial charge on any atom is 0.335 e. The van der Waals surface area contributed by atoms with Crippen molar-refractivity contribution >= 4 is 40.8 Å². The highest BCUT2D eigenvalue weighted by Gasteiger charge is 2.44. The Kier molecular flexibility index (Phi) is 6.72. The van der Waals surface area contributed by atoms with Gasteiger partial charge in [0.25, 0.3) is 5.91 Å². The molecule has 1 N–H and O–H groups in total. The highest BCUT2D eigenvalue weighted by molar-refractivity contribution is 6.31. The summed E-state index contributed by atoms with van der Waals surface area (Å²) in [5, 5.41) is 10.8. The van der Waals surface area contributed by atoms with Gasteiger partial charge in [0.2, 0.25) is 0 Å². The maximum absolute atomic E-state index is 14.2. The van der Waals surface area contributed by atoms with Gasteiger partial charge >= 0.3 is 5.97 Å². The Balaban J connectivity index is 1.81. The summed E-state index contributed by atoms with van der Waals surface area (Å²) in [5.41, 5.74) is 5.32. The van der Waals surface area contributed by atoms with Crippen LogP contribution in [0.2, 0.25) is 10.0 Å². The van der Waals surface area contributed by atoms with Crippen molar-refractivity contribution in [3.8, 4) is 17.0 Å². The number of aromatic carboxylic acids is 1. The molecule has 0 unspecified atom stereocenters. The van der Waals surface area contributed by atoms with Gasteiger partial charge in [-0.3, -0.25) is 9.69 Å². The maximum atomic E-state index is 14.2. The average Bonchev–Trinajstić information content (AvgIpc) is 3.41. The van der Waals surface area contributed by atoms with Gasteiger partial charge in [0.1, 0.15) is 11.8 Å². The van der Waals surface area contributed by atoms with Crippen molar-refractivity contribution in [1.29, 1.82) is 0 Å². The van der Waals surface area contributed by atoms with Crippen LogP contribution >= 0.6 is 23.2 Å². The van der Waals surface area contributed by atoms with Gasteiger partial charge in [-0.2, -0.15) is 0 Å². The van der Waals surface area contributed by atoms with Crippen LogP contribution < -0.4 is 9.64 Å². The molecule has 1 aliphatic heterocycles. The number of carbonyl (C=O) groups excluding carboxylic acids is 1. The molecule has 0 spiro atoms. The molecule has 2 heterocycles. The van der Waals surface area contributed by atoms with Gasteiger partial charge in [-0.15, -0.1) is 0 Å². The first kappa shape index (κ1) is 25.9. The summed E-state index contributed by atoms with van der Waals surface area (Å²) in [6.07, 6.45) is 0. The van der Waals surface area contributed by atoms with Gasteiger partial charge in [0.05, 0.1) is 29.6 Å². The molecule has 8 heteroatoms. The van der Waals surface area contributed by atoms with E-state index >= 15 is 0 Å². The summed E-state index contributed by atoms with van der Waals surface area (Å²) >= 11 is 12.6. The van der Waals surface area contributed by atoms with Crippen molar-refractivity contribution in [3.05, 3.63) is 105 Å². The number of ether oxygens (including phenoxy) is 1. The van der Waals surface area contributed by atoms with E-state index in [1.165, 1.54) is 6.07 Å². The van der Waals surface area contributed by atoms with Crippen LogP contribution in [0.15, 0.2) is 66.7 Å². The topological polar surface area (TPSA) is 71.8 Å². The first-order valence-corrected chi connectivity index (χ1v) is 12.9. The van der Waals surface area contributed by atoms with Gasteiger partial charge in [-0.25, -0.2) is 4.79 Å². The molecule has 0 bridgehead atoms. The van der Waals surface area contributed by atoms with Crippen LogP contribution in [0.3, 0.4) is 0 Å². The Bertz CT molecular complexity index is 1570. The Morgan fingerprint density at radius 2 is 1.63 bits per heavy atom. The molecule has 1 aromatic heterocycles. The molecule has 6 nitrogen and oxygen atoms in total. The summed E-state index contributed by atoms with van der Waals surface area (Å²) in [6, 6.07) is 19.0. The van der Waals surface area contributed by atoms with E-state index in [0.717, 1.165) is 22.5 Å². The fourth-order valence-electron chi connectivity index (χ4n) is 5.21. The number of rotatable bonds is 6. The molecule has 0 saturated heterocycles. The van der Waals surface area contributed by atoms with E-state index in [4.69, 9.17) is 27.9 Å². The number of fused-ring (bicyclic) bond motifs is 1. The van der Waals surface area contributed by atoms with E-state index in [1.807, 2.05) is 63.2 Å². The van der Waals surface area contributed by atoms with Crippen molar-refractivity contribution in [2.45, 2.75) is 32.9 Å². The number of hydrogen-bond donors (Lipinski definition) is 1. The van der Waals surface area contributed by atoms with Crippen molar-refractivity contribution in [3.63, 3.8) is 0 Å². The van der Waals surface area contributed by atoms with E-state index < -0.39 is 12.0 Å². The molecule has 194 valence electrons. The van der Waals surface area contributed by atoms with Crippen LogP contribution in [0.5, 0.6) is 5.75 Å². The standard InChI is InChI=1S/C30H26Cl2N2O4/c1-16(2)33-25(22-13-19(30(36)37)8-12-26(22)38-4)15-23-28(33)27(18-6-10-20(31)11-7-18)34(29(23)35)24-14-21(32)9-5-17(24)3/h5-16,27H,1-4H3,(H,36,37)/t27-/m0/s1. The summed E-state index contributed by atoms with van der Waals surface area (Å²) in [5.74, 6) is -0.688. The Labute approximate surface area is 231 Å². The van der Waals surface area contributed by atoms with Crippen LogP contribution in [0.1, 0.15) is 63.5 Å². The lowest BCUT2D eigenvalue weighted by Gasteiger charge is -2.30. The molecule has 38 heavy (non-hydrogen) atoms. The van der Waals surface area contributed by atoms with Crippen molar-refractivity contribution in [1.82, 2.24) is 4.57 Å². The molecule has 0 fully saturated rings. The second-order valence-electron chi connectivity index (χ2n) is 9.57. The molecule has 0 radical (unpaired) electrons. The normalized spacial score (nSPS) is 14.8. The Morgan fingerprint density at radius 3 is 2.26 bits per heavy atom. The molecule has 0 saturated carbocycles. The Morgan fingerprint density at radius 1 is 0.947 bits per heavy atom. The summed E-state index contributed by atoms with van der Waals surface area (Å²) in [7, 11) is 1.54. The van der Waals surface area contributed by atoms with E-state index in [2.05, 4.69) is 4.57 Å². The monoisotopic (exact) mass is 548 g/mol. The van der Waals surface area contributed by atoms with Crippen molar-refractivity contribution in [2.75, 3.05) is 12.0 Å².